The molecule has 0 radical (unpaired) electrons. The van der Waals surface area contributed by atoms with Crippen LogP contribution in [-0.4, -0.2) is 9.91 Å². The minimum Gasteiger partial charge on any atom is -0.392 e. The predicted molar refractivity (Wildman–Crippen MR) is 52.9 cm³/mol. The third kappa shape index (κ3) is 2.38. The van der Waals surface area contributed by atoms with E-state index in [-0.39, 0.29) is 16.6 Å². The molecule has 0 unspecified atom stereocenters. The van der Waals surface area contributed by atoms with Crippen LogP contribution in [0.4, 0.5) is 20.3 Å². The van der Waals surface area contributed by atoms with Crippen molar-refractivity contribution in [1.29, 1.82) is 0 Å². The molecule has 0 aliphatic heterocycles. The van der Waals surface area contributed by atoms with E-state index in [1.165, 1.54) is 0 Å². The topological polar surface area (TPSA) is 82.0 Å². The summed E-state index contributed by atoms with van der Waals surface area (Å²) in [5.41, 5.74) is 4.77. The number of pyridine rings is 1. The zero-order valence-corrected chi connectivity index (χ0v) is 8.87. The van der Waals surface area contributed by atoms with Crippen LogP contribution in [0.15, 0.2) is 6.07 Å². The van der Waals surface area contributed by atoms with Crippen molar-refractivity contribution >= 4 is 27.4 Å². The van der Waals surface area contributed by atoms with Gasteiger partial charge in [0.25, 0.3) is 0 Å². The van der Waals surface area contributed by atoms with E-state index in [0.29, 0.717) is 0 Å². The summed E-state index contributed by atoms with van der Waals surface area (Å²) in [6.45, 7) is 0. The second-order valence-corrected chi connectivity index (χ2v) is 3.20. The van der Waals surface area contributed by atoms with Crippen molar-refractivity contribution in [3.8, 4) is 0 Å². The average Bonchev–Trinajstić information content (AvgIpc) is 2.17. The van der Waals surface area contributed by atoms with Gasteiger partial charge in [0, 0.05) is 5.33 Å². The maximum Gasteiger partial charge on any atom is 0.387 e. The third-order valence-corrected chi connectivity index (χ3v) is 2.29. The Balaban J connectivity index is 3.38. The Morgan fingerprint density at radius 1 is 1.67 bits per heavy atom. The van der Waals surface area contributed by atoms with Gasteiger partial charge in [0.1, 0.15) is 5.69 Å². The molecular weight excluding hydrogens is 276 g/mol. The molecule has 0 fully saturated rings. The second kappa shape index (κ2) is 4.47. The van der Waals surface area contributed by atoms with Crippen LogP contribution in [0.3, 0.4) is 0 Å². The van der Waals surface area contributed by atoms with Gasteiger partial charge in [-0.2, -0.15) is 0 Å². The summed E-state index contributed by atoms with van der Waals surface area (Å²) in [5.74, 6) is -0.734. The zero-order valence-electron chi connectivity index (χ0n) is 7.28. The van der Waals surface area contributed by atoms with Gasteiger partial charge in [0.2, 0.25) is 5.69 Å². The molecule has 1 aromatic rings. The fourth-order valence-corrected chi connectivity index (χ4v) is 1.44. The lowest BCUT2D eigenvalue weighted by molar-refractivity contribution is -0.388. The van der Waals surface area contributed by atoms with Crippen molar-refractivity contribution in [2.75, 3.05) is 5.73 Å². The van der Waals surface area contributed by atoms with Gasteiger partial charge in [-0.1, -0.05) is 15.9 Å². The lowest BCUT2D eigenvalue weighted by Crippen LogP contribution is -2.05. The summed E-state index contributed by atoms with van der Waals surface area (Å²) in [6.07, 6.45) is -2.86. The molecule has 8 heteroatoms. The standard InChI is InChI=1S/C7H6BrF2N3O2/c8-2-3-1-4(6(9)10)12-7(5(3)11)13(14)15/h1,6H,2,11H2. The Kier molecular flexibility index (Phi) is 3.51. The number of nitrogens with two attached hydrogens (primary N) is 1. The molecule has 0 amide bonds. The minimum absolute atomic E-state index is 0.155. The summed E-state index contributed by atoms with van der Waals surface area (Å²) in [7, 11) is 0. The smallest absolute Gasteiger partial charge is 0.387 e. The van der Waals surface area contributed by atoms with E-state index < -0.39 is 22.9 Å². The highest BCUT2D eigenvalue weighted by Gasteiger charge is 2.24. The van der Waals surface area contributed by atoms with Crippen LogP contribution >= 0.6 is 15.9 Å². The number of nitro groups is 1. The SMILES string of the molecule is Nc1c(CBr)cc(C(F)F)nc1[N+](=O)[O-]. The molecule has 0 spiro atoms. The van der Waals surface area contributed by atoms with E-state index in [1.807, 2.05) is 0 Å². The van der Waals surface area contributed by atoms with Crippen LogP contribution in [0.2, 0.25) is 0 Å². The first-order valence-corrected chi connectivity index (χ1v) is 4.87. The first-order chi connectivity index (χ1) is 6.97. The van der Waals surface area contributed by atoms with Gasteiger partial charge in [0.15, 0.2) is 0 Å². The maximum atomic E-state index is 12.3. The number of hydrogen-bond acceptors (Lipinski definition) is 4. The monoisotopic (exact) mass is 281 g/mol. The van der Waals surface area contributed by atoms with Crippen LogP contribution in [0, 0.1) is 10.1 Å². The Labute approximate surface area is 91.6 Å². The van der Waals surface area contributed by atoms with Crippen molar-refractivity contribution in [2.24, 2.45) is 0 Å². The molecule has 0 saturated heterocycles. The molecule has 1 aromatic heterocycles. The lowest BCUT2D eigenvalue weighted by Gasteiger charge is -2.04. The van der Waals surface area contributed by atoms with Crippen LogP contribution < -0.4 is 5.73 Å². The highest BCUT2D eigenvalue weighted by Crippen LogP contribution is 2.29. The first kappa shape index (κ1) is 11.8. The molecule has 1 rings (SSSR count). The molecule has 0 bridgehead atoms. The second-order valence-electron chi connectivity index (χ2n) is 2.63. The highest BCUT2D eigenvalue weighted by molar-refractivity contribution is 9.08. The van der Waals surface area contributed by atoms with Gasteiger partial charge in [-0.3, -0.25) is 0 Å². The molecule has 2 N–H and O–H groups in total. The summed E-state index contributed by atoms with van der Waals surface area (Å²) < 4.78 is 24.6. The largest absolute Gasteiger partial charge is 0.392 e. The van der Waals surface area contributed by atoms with Crippen LogP contribution in [0.1, 0.15) is 17.7 Å². The van der Waals surface area contributed by atoms with Crippen LogP contribution in [-0.2, 0) is 5.33 Å². The van der Waals surface area contributed by atoms with Crippen LogP contribution in [0.5, 0.6) is 0 Å². The molecule has 0 aliphatic rings. The van der Waals surface area contributed by atoms with E-state index >= 15 is 0 Å². The summed E-state index contributed by atoms with van der Waals surface area (Å²) >= 11 is 3.00. The summed E-state index contributed by atoms with van der Waals surface area (Å²) in [6, 6.07) is 1.04. The number of rotatable bonds is 3. The molecule has 1 heterocycles. The molecule has 15 heavy (non-hydrogen) atoms. The van der Waals surface area contributed by atoms with E-state index in [4.69, 9.17) is 5.73 Å². The molecule has 82 valence electrons. The quantitative estimate of drug-likeness (QED) is 0.524. The number of halogens is 3. The molecule has 0 saturated carbocycles. The number of nitrogens with zero attached hydrogens (tertiary/aromatic N) is 2. The van der Waals surface area contributed by atoms with Gasteiger partial charge < -0.3 is 15.8 Å². The van der Waals surface area contributed by atoms with Crippen molar-refractivity contribution in [2.45, 2.75) is 11.8 Å². The third-order valence-electron chi connectivity index (χ3n) is 1.68. The zero-order chi connectivity index (χ0) is 11.6. The Morgan fingerprint density at radius 2 is 2.27 bits per heavy atom. The number of aromatic nitrogens is 1. The average molecular weight is 282 g/mol. The van der Waals surface area contributed by atoms with Crippen LogP contribution in [0.25, 0.3) is 0 Å². The van der Waals surface area contributed by atoms with E-state index in [1.54, 1.807) is 0 Å². The summed E-state index contributed by atoms with van der Waals surface area (Å²) in [4.78, 5) is 12.8. The van der Waals surface area contributed by atoms with Crippen molar-refractivity contribution in [3.05, 3.63) is 27.4 Å². The van der Waals surface area contributed by atoms with Crippen molar-refractivity contribution < 1.29 is 13.7 Å². The number of alkyl halides is 3. The number of anilines is 1. The number of hydrogen-bond donors (Lipinski definition) is 1. The van der Waals surface area contributed by atoms with Crippen molar-refractivity contribution in [3.63, 3.8) is 0 Å². The van der Waals surface area contributed by atoms with E-state index in [2.05, 4.69) is 20.9 Å². The van der Waals surface area contributed by atoms with E-state index in [9.17, 15) is 18.9 Å². The molecule has 0 atom stereocenters. The highest BCUT2D eigenvalue weighted by atomic mass is 79.9. The molecular formula is C7H6BrF2N3O2. The first-order valence-electron chi connectivity index (χ1n) is 3.75. The number of nitrogen functional groups attached to an aromatic ring is 1. The Bertz CT molecular complexity index is 400. The lowest BCUT2D eigenvalue weighted by atomic mass is 10.2. The normalized spacial score (nSPS) is 10.7. The van der Waals surface area contributed by atoms with Gasteiger partial charge in [-0.05, 0) is 21.5 Å². The predicted octanol–water partition coefficient (Wildman–Crippen LogP) is 2.40. The molecule has 0 aliphatic carbocycles. The Morgan fingerprint density at radius 3 is 2.67 bits per heavy atom. The maximum absolute atomic E-state index is 12.3. The van der Waals surface area contributed by atoms with Gasteiger partial charge in [-0.15, -0.1) is 0 Å². The van der Waals surface area contributed by atoms with Gasteiger partial charge in [-0.25, -0.2) is 8.78 Å². The van der Waals surface area contributed by atoms with Crippen molar-refractivity contribution in [1.82, 2.24) is 4.98 Å². The minimum atomic E-state index is -2.86. The van der Waals surface area contributed by atoms with E-state index in [0.717, 1.165) is 6.07 Å². The fraction of sp³-hybridized carbons (Fsp3) is 0.286. The Hall–Kier alpha value is -1.31. The molecule has 0 aromatic carbocycles. The fourth-order valence-electron chi connectivity index (χ4n) is 0.976. The summed E-state index contributed by atoms with van der Waals surface area (Å²) in [5, 5.41) is 10.6. The van der Waals surface area contributed by atoms with Gasteiger partial charge in [0.05, 0.1) is 0 Å². The molecule has 5 nitrogen and oxygen atoms in total. The van der Waals surface area contributed by atoms with Gasteiger partial charge >= 0.3 is 12.2 Å².